The Labute approximate surface area is 391 Å². The van der Waals surface area contributed by atoms with Crippen LogP contribution in [0.3, 0.4) is 0 Å². The number of carbonyl (C=O) groups excluding carboxylic acids is 4. The van der Waals surface area contributed by atoms with Crippen molar-refractivity contribution in [2.45, 2.75) is 76.2 Å². The number of ether oxygens (including phenoxy) is 4. The number of rotatable bonds is 10. The van der Waals surface area contributed by atoms with E-state index in [1.807, 2.05) is 95.0 Å². The molecule has 2 saturated heterocycles. The molecular weight excluding hydrogens is 865 g/mol. The molecule has 0 spiro atoms. The largest absolute Gasteiger partial charge is 0.488 e. The van der Waals surface area contributed by atoms with Gasteiger partial charge in [-0.3, -0.25) is 9.59 Å². The number of imidazole rings is 2. The van der Waals surface area contributed by atoms with Crippen LogP contribution in [-0.2, 0) is 32.3 Å². The molecule has 0 radical (unpaired) electrons. The summed E-state index contributed by atoms with van der Waals surface area (Å²) in [5.41, 5.74) is 8.70. The van der Waals surface area contributed by atoms with E-state index in [9.17, 15) is 19.2 Å². The van der Waals surface area contributed by atoms with Crippen molar-refractivity contribution in [2.75, 3.05) is 14.2 Å². The van der Waals surface area contributed by atoms with E-state index in [2.05, 4.69) is 46.6 Å². The molecule has 2 saturated carbocycles. The second-order valence-corrected chi connectivity index (χ2v) is 18.9. The minimum absolute atomic E-state index is 0.0507. The zero-order valence-electron chi connectivity index (χ0n) is 37.9. The minimum atomic E-state index is -0.911. The van der Waals surface area contributed by atoms with E-state index in [-0.39, 0.29) is 36.0 Å². The van der Waals surface area contributed by atoms with Crippen LogP contribution in [0.1, 0.15) is 84.8 Å². The first kappa shape index (κ1) is 41.8. The number of amides is 4. The van der Waals surface area contributed by atoms with E-state index in [0.717, 1.165) is 69.1 Å². The van der Waals surface area contributed by atoms with Crippen molar-refractivity contribution in [1.29, 1.82) is 0 Å². The first-order valence-electron chi connectivity index (χ1n) is 23.2. The summed E-state index contributed by atoms with van der Waals surface area (Å²) in [5.74, 6) is 3.87. The lowest BCUT2D eigenvalue weighted by molar-refractivity contribution is -0.136. The van der Waals surface area contributed by atoms with E-state index < -0.39 is 24.3 Å². The third-order valence-corrected chi connectivity index (χ3v) is 15.3. The first-order chi connectivity index (χ1) is 33.1. The Morgan fingerprint density at radius 2 is 1.04 bits per heavy atom. The van der Waals surface area contributed by atoms with Crippen molar-refractivity contribution in [3.63, 3.8) is 0 Å². The number of H-pyrrole nitrogens is 2. The van der Waals surface area contributed by atoms with Gasteiger partial charge in [0, 0.05) is 45.5 Å². The minimum Gasteiger partial charge on any atom is -0.488 e. The smallest absolute Gasteiger partial charge is 0.407 e. The van der Waals surface area contributed by atoms with Crippen molar-refractivity contribution < 1.29 is 38.1 Å². The highest BCUT2D eigenvalue weighted by atomic mass is 16.5. The summed E-state index contributed by atoms with van der Waals surface area (Å²) < 4.78 is 22.9. The number of fused-ring (bicyclic) bond motifs is 2. The highest BCUT2D eigenvalue weighted by molar-refractivity contribution is 5.90. The van der Waals surface area contributed by atoms with Crippen molar-refractivity contribution in [1.82, 2.24) is 40.4 Å². The number of methoxy groups -OCH3 is 2. The summed E-state index contributed by atoms with van der Waals surface area (Å²) in [7, 11) is 2.58. The lowest BCUT2D eigenvalue weighted by atomic mass is 9.87. The lowest BCUT2D eigenvalue weighted by Gasteiger charge is -2.31. The standard InChI is InChI=1S/C52H50N8O8/c1-25-33-19-37(59(45(25)33)49(61)43(57-51(63)65-3)27-11-7-5-8-12-27)47-53-21-35(55-47)29-15-31-23-68-40-18-30(16-32-24-67-39(17-29)41(31)42(32)40)36-22-54-48(56-36)38-20-34-26(2)46(34)60(38)50(62)44(58-52(64)66-4)28-13-9-6-10-14-28/h5-18,21-22,25-26,33-34,37-38,43-46H,19-20,23-24H2,1-4H3,(H,53,55)(H,54,56)(H,57,63)(H,58,64)/t25-,26?,33?,34?,37+,38+,43-,44-,45?,46?/m1/s1. The van der Waals surface area contributed by atoms with Crippen molar-refractivity contribution in [2.24, 2.45) is 23.7 Å². The Bertz CT molecular complexity index is 2760. The molecule has 4 amide bonds. The first-order valence-corrected chi connectivity index (χ1v) is 23.2. The fourth-order valence-electron chi connectivity index (χ4n) is 11.7. The molecule has 0 bridgehead atoms. The number of carbonyl (C=O) groups is 4. The molecule has 346 valence electrons. The number of hydrogen-bond acceptors (Lipinski definition) is 10. The van der Waals surface area contributed by atoms with Gasteiger partial charge < -0.3 is 49.3 Å². The average molecular weight is 915 g/mol. The maximum atomic E-state index is 14.5. The monoisotopic (exact) mass is 914 g/mol. The quantitative estimate of drug-likeness (QED) is 0.105. The molecule has 6 aromatic rings. The Morgan fingerprint density at radius 3 is 1.44 bits per heavy atom. The summed E-state index contributed by atoms with van der Waals surface area (Å²) in [6.45, 7) is 4.98. The molecule has 10 atom stereocenters. The fraction of sp³-hybridized carbons (Fsp3) is 0.346. The van der Waals surface area contributed by atoms with Gasteiger partial charge in [0.15, 0.2) is 0 Å². The fourth-order valence-corrected chi connectivity index (χ4v) is 11.7. The number of hydrogen-bond donors (Lipinski definition) is 4. The Kier molecular flexibility index (Phi) is 9.85. The molecule has 4 aliphatic heterocycles. The van der Waals surface area contributed by atoms with Crippen LogP contribution in [0.2, 0.25) is 0 Å². The molecule has 6 heterocycles. The van der Waals surface area contributed by atoms with Crippen molar-refractivity contribution in [3.8, 4) is 45.1 Å². The van der Waals surface area contributed by atoms with E-state index in [1.54, 1.807) is 0 Å². The third kappa shape index (κ3) is 6.78. The Hall–Kier alpha value is -7.62. The number of alkyl carbamates (subject to hydrolysis) is 2. The van der Waals surface area contributed by atoms with Crippen LogP contribution in [0.15, 0.2) is 97.3 Å². The summed E-state index contributed by atoms with van der Waals surface area (Å²) >= 11 is 0. The SMILES string of the molecule is COC(=O)N[C@@H](C(=O)N1C2C(C)C2C[C@H]1c1ncc(-c2cc3c4c(c2)OCc2cc(-c5cnc([C@@H]6CC7C([C@@H]7C)N6C(=O)[C@H](NC(=O)OC)c6ccccc6)[nH]5)cc(c2-4)OC3)[nH]1)c1ccccc1. The normalized spacial score (nSPS) is 25.1. The van der Waals surface area contributed by atoms with Crippen LogP contribution < -0.4 is 20.1 Å². The van der Waals surface area contributed by atoms with Gasteiger partial charge in [-0.25, -0.2) is 19.6 Å². The van der Waals surface area contributed by atoms with Crippen LogP contribution in [0.25, 0.3) is 33.6 Å². The highest BCUT2D eigenvalue weighted by Crippen LogP contribution is 2.59. The van der Waals surface area contributed by atoms with Crippen LogP contribution >= 0.6 is 0 Å². The molecule has 4 fully saturated rings. The molecule has 6 aliphatic rings. The maximum absolute atomic E-state index is 14.5. The van der Waals surface area contributed by atoms with Crippen molar-refractivity contribution >= 4 is 24.0 Å². The molecule has 5 unspecified atom stereocenters. The van der Waals surface area contributed by atoms with Crippen LogP contribution in [-0.4, -0.2) is 80.0 Å². The van der Waals surface area contributed by atoms with Gasteiger partial charge in [-0.2, -0.15) is 0 Å². The number of aromatic nitrogens is 4. The molecule has 4 aromatic carbocycles. The van der Waals surface area contributed by atoms with Gasteiger partial charge in [0.1, 0.15) is 48.4 Å². The summed E-state index contributed by atoms with van der Waals surface area (Å²) in [5, 5.41) is 5.55. The summed E-state index contributed by atoms with van der Waals surface area (Å²) in [6.07, 6.45) is 3.80. The predicted octanol–water partition coefficient (Wildman–Crippen LogP) is 7.93. The Morgan fingerprint density at radius 1 is 0.632 bits per heavy atom. The molecule has 16 heteroatoms. The zero-order chi connectivity index (χ0) is 46.5. The van der Waals surface area contributed by atoms with E-state index in [1.165, 1.54) is 14.2 Å². The number of piperidine rings is 2. The molecule has 16 nitrogen and oxygen atoms in total. The summed E-state index contributed by atoms with van der Waals surface area (Å²) in [4.78, 5) is 74.5. The summed E-state index contributed by atoms with van der Waals surface area (Å²) in [6, 6.07) is 24.5. The van der Waals surface area contributed by atoms with Gasteiger partial charge >= 0.3 is 12.2 Å². The van der Waals surface area contributed by atoms with Gasteiger partial charge in [-0.15, -0.1) is 0 Å². The Balaban J connectivity index is 0.800. The molecule has 2 aliphatic carbocycles. The molecule has 68 heavy (non-hydrogen) atoms. The van der Waals surface area contributed by atoms with Gasteiger partial charge in [0.25, 0.3) is 11.8 Å². The maximum Gasteiger partial charge on any atom is 0.407 e. The molecule has 4 N–H and O–H groups in total. The van der Waals surface area contributed by atoms with Crippen LogP contribution in [0.4, 0.5) is 9.59 Å². The zero-order valence-corrected chi connectivity index (χ0v) is 37.9. The third-order valence-electron chi connectivity index (χ3n) is 15.3. The van der Waals surface area contributed by atoms with E-state index in [4.69, 9.17) is 28.9 Å². The lowest BCUT2D eigenvalue weighted by Crippen LogP contribution is -2.44. The highest BCUT2D eigenvalue weighted by Gasteiger charge is 2.63. The molecule has 12 rings (SSSR count). The van der Waals surface area contributed by atoms with Gasteiger partial charge in [0.05, 0.1) is 50.1 Å². The number of nitrogens with one attached hydrogen (secondary N) is 4. The van der Waals surface area contributed by atoms with Crippen molar-refractivity contribution in [3.05, 3.63) is 131 Å². The second-order valence-electron chi connectivity index (χ2n) is 18.9. The predicted molar refractivity (Wildman–Crippen MR) is 246 cm³/mol. The van der Waals surface area contributed by atoms with E-state index >= 15 is 0 Å². The second kappa shape index (κ2) is 16.0. The number of benzene rings is 4. The van der Waals surface area contributed by atoms with Gasteiger partial charge in [-0.05, 0) is 71.9 Å². The van der Waals surface area contributed by atoms with Gasteiger partial charge in [0.2, 0.25) is 0 Å². The molecular formula is C52H50N8O8. The number of likely N-dealkylation sites (tertiary alicyclic amines) is 2. The average Bonchev–Trinajstić information content (AvgIpc) is 3.84. The van der Waals surface area contributed by atoms with Crippen LogP contribution in [0, 0.1) is 23.7 Å². The number of aromatic amines is 2. The van der Waals surface area contributed by atoms with Gasteiger partial charge in [-0.1, -0.05) is 74.5 Å². The topological polar surface area (TPSA) is 193 Å². The number of nitrogens with zero attached hydrogens (tertiary/aromatic N) is 4. The van der Waals surface area contributed by atoms with Crippen LogP contribution in [0.5, 0.6) is 11.5 Å². The molecule has 2 aromatic heterocycles. The van der Waals surface area contributed by atoms with E-state index in [0.29, 0.717) is 59.7 Å².